The van der Waals surface area contributed by atoms with Crippen molar-refractivity contribution in [3.8, 4) is 11.5 Å². The number of hydrogen-bond donors (Lipinski definition) is 3. The Labute approximate surface area is 329 Å². The number of carbonyl (C=O) groups is 1. The van der Waals surface area contributed by atoms with E-state index in [4.69, 9.17) is 24.2 Å². The van der Waals surface area contributed by atoms with Crippen molar-refractivity contribution in [2.45, 2.75) is 94.2 Å². The van der Waals surface area contributed by atoms with Crippen LogP contribution in [0.5, 0.6) is 11.5 Å². The number of benzene rings is 2. The number of nitrogens with zero attached hydrogens (tertiary/aromatic N) is 2. The fourth-order valence-corrected chi connectivity index (χ4v) is 9.77. The molecule has 3 aliphatic rings. The maximum absolute atomic E-state index is 11.8. The van der Waals surface area contributed by atoms with E-state index in [1.165, 1.54) is 6.92 Å². The Kier molecular flexibility index (Phi) is 14.1. The first kappa shape index (κ1) is 40.5. The Balaban J connectivity index is 1.50. The minimum absolute atomic E-state index is 0.0515. The Morgan fingerprint density at radius 1 is 1.09 bits per heavy atom. The van der Waals surface area contributed by atoms with Crippen LogP contribution < -0.4 is 14.8 Å². The second-order valence-corrected chi connectivity index (χ2v) is 15.8. The van der Waals surface area contributed by atoms with Gasteiger partial charge in [-0.15, -0.1) is 18.3 Å². The molecule has 6 rings (SSSR count). The highest BCUT2D eigenvalue weighted by Crippen LogP contribution is 2.63. The number of aliphatic hydroxyl groups excluding tert-OH is 2. The molecule has 10 nitrogen and oxygen atoms in total. The van der Waals surface area contributed by atoms with Crippen molar-refractivity contribution >= 4 is 29.1 Å². The van der Waals surface area contributed by atoms with Crippen LogP contribution in [0.2, 0.25) is 0 Å². The second-order valence-electron chi connectivity index (χ2n) is 14.5. The molecule has 55 heavy (non-hydrogen) atoms. The van der Waals surface area contributed by atoms with Crippen molar-refractivity contribution < 1.29 is 34.1 Å². The van der Waals surface area contributed by atoms with Crippen molar-refractivity contribution in [2.75, 3.05) is 31.7 Å². The topological polar surface area (TPSA) is 132 Å². The van der Waals surface area contributed by atoms with Crippen LogP contribution in [-0.4, -0.2) is 64.3 Å². The summed E-state index contributed by atoms with van der Waals surface area (Å²) >= 11 is 1.67. The molecule has 6 unspecified atom stereocenters. The SMILES string of the molecule is C=CCOC12Oc3ccc(OCc4cccc(C)n4)cc3C3C(CCCCO)C(CCCCO)C=C(C(=NOCC)CC1Sc1ccc(NC(C)=O)cc1)C32. The lowest BCUT2D eigenvalue weighted by Gasteiger charge is -2.58. The maximum atomic E-state index is 11.8. The highest BCUT2D eigenvalue weighted by molar-refractivity contribution is 8.00. The van der Waals surface area contributed by atoms with E-state index in [1.54, 1.807) is 17.8 Å². The van der Waals surface area contributed by atoms with Crippen molar-refractivity contribution in [1.29, 1.82) is 0 Å². The molecule has 11 heteroatoms. The van der Waals surface area contributed by atoms with E-state index in [9.17, 15) is 15.0 Å². The Morgan fingerprint density at radius 2 is 1.87 bits per heavy atom. The molecule has 2 heterocycles. The number of aromatic nitrogens is 1. The van der Waals surface area contributed by atoms with E-state index in [0.717, 1.165) is 82.4 Å². The molecule has 3 N–H and O–H groups in total. The molecule has 2 aromatic carbocycles. The summed E-state index contributed by atoms with van der Waals surface area (Å²) in [7, 11) is 0. The summed E-state index contributed by atoms with van der Waals surface area (Å²) in [4.78, 5) is 23.2. The number of hydrogen-bond acceptors (Lipinski definition) is 10. The van der Waals surface area contributed by atoms with Crippen LogP contribution in [0, 0.1) is 24.7 Å². The fraction of sp³-hybridized carbons (Fsp3) is 0.477. The lowest BCUT2D eigenvalue weighted by molar-refractivity contribution is -0.223. The number of thioether (sulfide) groups is 1. The molecule has 0 spiro atoms. The smallest absolute Gasteiger partial charge is 0.231 e. The van der Waals surface area contributed by atoms with E-state index in [2.05, 4.69) is 29.0 Å². The number of ether oxygens (including phenoxy) is 3. The number of rotatable bonds is 19. The molecule has 0 saturated heterocycles. The lowest BCUT2D eigenvalue weighted by Crippen LogP contribution is -2.64. The summed E-state index contributed by atoms with van der Waals surface area (Å²) in [5.41, 5.74) is 5.54. The minimum Gasteiger partial charge on any atom is -0.487 e. The van der Waals surface area contributed by atoms with Crippen molar-refractivity contribution in [3.05, 3.63) is 102 Å². The summed E-state index contributed by atoms with van der Waals surface area (Å²) in [6, 6.07) is 19.9. The van der Waals surface area contributed by atoms with Gasteiger partial charge in [0.1, 0.15) is 24.7 Å². The van der Waals surface area contributed by atoms with Gasteiger partial charge < -0.3 is 34.6 Å². The zero-order valence-electron chi connectivity index (χ0n) is 32.2. The first-order valence-electron chi connectivity index (χ1n) is 19.6. The standard InChI is InChI=1S/C44H55N3O7S/c1-5-24-52-44-41(55-35-19-16-32(17-20-35)46-30(4)50)27-39(47-53-6-2)37-25-31(13-7-9-22-48)36(15-8-10-23-49)42(43(37)44)38-26-34(18-21-40(38)54-44)51-28-33-14-11-12-29(3)45-33/h5,11-12,14,16-21,25-26,31,36,41-43,48-49H,1,6-10,13,15,22-24,27-28H2,2-4H3,(H,46,50). The average molecular weight is 770 g/mol. The number of amides is 1. The predicted molar refractivity (Wildman–Crippen MR) is 216 cm³/mol. The number of aryl methyl sites for hydroxylation is 1. The molecule has 294 valence electrons. The number of aliphatic hydroxyl groups is 2. The number of pyridine rings is 1. The summed E-state index contributed by atoms with van der Waals surface area (Å²) in [5.74, 6) is 0.307. The van der Waals surface area contributed by atoms with Gasteiger partial charge in [-0.05, 0) is 112 Å². The molecule has 1 aliphatic heterocycles. The molecule has 0 bridgehead atoms. The first-order valence-corrected chi connectivity index (χ1v) is 20.5. The zero-order chi connectivity index (χ0) is 38.8. The van der Waals surface area contributed by atoms with Crippen LogP contribution in [0.3, 0.4) is 0 Å². The van der Waals surface area contributed by atoms with Crippen LogP contribution in [-0.2, 0) is 21.0 Å². The molecule has 1 amide bonds. The summed E-state index contributed by atoms with van der Waals surface area (Å²) in [6.07, 6.45) is 9.70. The van der Waals surface area contributed by atoms with Crippen LogP contribution in [0.25, 0.3) is 0 Å². The molecular weight excluding hydrogens is 715 g/mol. The van der Waals surface area contributed by atoms with Crippen LogP contribution in [0.1, 0.15) is 81.7 Å². The predicted octanol–water partition coefficient (Wildman–Crippen LogP) is 8.37. The highest BCUT2D eigenvalue weighted by atomic mass is 32.2. The van der Waals surface area contributed by atoms with Gasteiger partial charge in [0.05, 0.1) is 29.2 Å². The van der Waals surface area contributed by atoms with E-state index in [-0.39, 0.29) is 54.6 Å². The van der Waals surface area contributed by atoms with E-state index in [0.29, 0.717) is 26.1 Å². The number of nitrogens with one attached hydrogen (secondary N) is 1. The third-order valence-corrected chi connectivity index (χ3v) is 12.0. The molecule has 1 fully saturated rings. The summed E-state index contributed by atoms with van der Waals surface area (Å²) in [6.45, 7) is 10.8. The highest BCUT2D eigenvalue weighted by Gasteiger charge is 2.64. The first-order chi connectivity index (χ1) is 26.8. The third-order valence-electron chi connectivity index (χ3n) is 10.7. The van der Waals surface area contributed by atoms with Crippen LogP contribution in [0.4, 0.5) is 5.69 Å². The molecule has 6 atom stereocenters. The summed E-state index contributed by atoms with van der Waals surface area (Å²) < 4.78 is 20.7. The van der Waals surface area contributed by atoms with E-state index >= 15 is 0 Å². The van der Waals surface area contributed by atoms with Crippen molar-refractivity contribution in [3.63, 3.8) is 0 Å². The largest absolute Gasteiger partial charge is 0.487 e. The number of oxime groups is 1. The number of anilines is 1. The van der Waals surface area contributed by atoms with E-state index < -0.39 is 5.79 Å². The van der Waals surface area contributed by atoms with Crippen LogP contribution >= 0.6 is 11.8 Å². The fourth-order valence-electron chi connectivity index (χ4n) is 8.48. The van der Waals surface area contributed by atoms with Gasteiger partial charge in [-0.2, -0.15) is 0 Å². The van der Waals surface area contributed by atoms with Gasteiger partial charge in [-0.25, -0.2) is 0 Å². The van der Waals surface area contributed by atoms with Gasteiger partial charge in [0.25, 0.3) is 0 Å². The Morgan fingerprint density at radius 3 is 2.58 bits per heavy atom. The van der Waals surface area contributed by atoms with Gasteiger partial charge in [-0.3, -0.25) is 9.78 Å². The third kappa shape index (κ3) is 9.45. The number of carbonyl (C=O) groups excluding carboxylic acids is 1. The average Bonchev–Trinajstić information content (AvgIpc) is 3.18. The molecule has 3 aromatic rings. The molecule has 1 aromatic heterocycles. The van der Waals surface area contributed by atoms with Gasteiger partial charge >= 0.3 is 0 Å². The van der Waals surface area contributed by atoms with Crippen LogP contribution in [0.15, 0.2) is 95.0 Å². The summed E-state index contributed by atoms with van der Waals surface area (Å²) in [5, 5.41) is 27.1. The molecule has 0 radical (unpaired) electrons. The monoisotopic (exact) mass is 769 g/mol. The van der Waals surface area contributed by atoms with E-state index in [1.807, 2.05) is 68.4 Å². The normalized spacial score (nSPS) is 24.6. The molecule has 1 saturated carbocycles. The zero-order valence-corrected chi connectivity index (χ0v) is 33.1. The van der Waals surface area contributed by atoms with Crippen molar-refractivity contribution in [1.82, 2.24) is 4.98 Å². The number of fused-ring (bicyclic) bond motifs is 2. The van der Waals surface area contributed by atoms with Gasteiger partial charge in [0.2, 0.25) is 11.7 Å². The lowest BCUT2D eigenvalue weighted by atomic mass is 9.56. The number of allylic oxidation sites excluding steroid dienone is 1. The quantitative estimate of drug-likeness (QED) is 0.0625. The van der Waals surface area contributed by atoms with Gasteiger partial charge in [0.15, 0.2) is 0 Å². The number of unbranched alkanes of at least 4 members (excludes halogenated alkanes) is 2. The molecular formula is C44H55N3O7S. The Hall–Kier alpha value is -4.16. The van der Waals surface area contributed by atoms with Gasteiger partial charge in [-0.1, -0.05) is 36.2 Å². The second kappa shape index (κ2) is 19.1. The Bertz CT molecular complexity index is 1830. The molecule has 2 aliphatic carbocycles. The van der Waals surface area contributed by atoms with Gasteiger partial charge in [0, 0.05) is 54.3 Å². The van der Waals surface area contributed by atoms with Crippen molar-refractivity contribution in [2.24, 2.45) is 22.9 Å². The maximum Gasteiger partial charge on any atom is 0.231 e. The minimum atomic E-state index is -1.11.